The predicted octanol–water partition coefficient (Wildman–Crippen LogP) is 1.33. The Bertz CT molecular complexity index is 118. The lowest BCUT2D eigenvalue weighted by Crippen LogP contribution is -2.12. The fourth-order valence-electron chi connectivity index (χ4n) is 0.944. The highest BCUT2D eigenvalue weighted by Gasteiger charge is 2.13. The van der Waals surface area contributed by atoms with Crippen LogP contribution in [0, 0.1) is 0 Å². The maximum Gasteiger partial charge on any atom is 0.125 e. The van der Waals surface area contributed by atoms with Gasteiger partial charge in [-0.15, -0.1) is 0 Å². The van der Waals surface area contributed by atoms with Crippen LogP contribution in [0.5, 0.6) is 0 Å². The molecule has 1 rings (SSSR count). The molecule has 0 aromatic heterocycles. The van der Waals surface area contributed by atoms with Gasteiger partial charge in [0.15, 0.2) is 0 Å². The highest BCUT2D eigenvalue weighted by molar-refractivity contribution is 4.97. The van der Waals surface area contributed by atoms with E-state index in [-0.39, 0.29) is 6.10 Å². The Kier molecular flexibility index (Phi) is 2.11. The molecule has 1 heterocycles. The molecule has 0 saturated heterocycles. The zero-order valence-corrected chi connectivity index (χ0v) is 5.89. The third kappa shape index (κ3) is 1.72. The molecule has 1 unspecified atom stereocenters. The van der Waals surface area contributed by atoms with Crippen molar-refractivity contribution >= 4 is 0 Å². The molecular weight excluding hydrogens is 116 g/mol. The van der Waals surface area contributed by atoms with Crippen LogP contribution in [-0.2, 0) is 9.47 Å². The van der Waals surface area contributed by atoms with E-state index in [9.17, 15) is 0 Å². The van der Waals surface area contributed by atoms with E-state index in [0.717, 1.165) is 12.2 Å². The van der Waals surface area contributed by atoms with E-state index in [1.54, 1.807) is 7.11 Å². The minimum atomic E-state index is 0.273. The summed E-state index contributed by atoms with van der Waals surface area (Å²) in [6.45, 7) is 2.67. The first-order valence-corrected chi connectivity index (χ1v) is 3.15. The average molecular weight is 128 g/mol. The zero-order valence-electron chi connectivity index (χ0n) is 5.89. The van der Waals surface area contributed by atoms with Gasteiger partial charge in [-0.1, -0.05) is 0 Å². The van der Waals surface area contributed by atoms with E-state index in [2.05, 4.69) is 6.08 Å². The molecule has 52 valence electrons. The molecule has 0 radical (unpaired) electrons. The lowest BCUT2D eigenvalue weighted by atomic mass is 10.3. The Morgan fingerprint density at radius 1 is 1.89 bits per heavy atom. The summed E-state index contributed by atoms with van der Waals surface area (Å²) < 4.78 is 10.3. The first-order chi connectivity index (χ1) is 4.33. The number of hydrogen-bond acceptors (Lipinski definition) is 2. The van der Waals surface area contributed by atoms with Crippen LogP contribution in [-0.4, -0.2) is 19.8 Å². The summed E-state index contributed by atoms with van der Waals surface area (Å²) in [7, 11) is 1.69. The Hall–Kier alpha value is -0.500. The summed E-state index contributed by atoms with van der Waals surface area (Å²) in [5.74, 6) is 1.03. The highest BCUT2D eigenvalue weighted by Crippen LogP contribution is 2.15. The van der Waals surface area contributed by atoms with Crippen molar-refractivity contribution in [1.82, 2.24) is 0 Å². The summed E-state index contributed by atoms with van der Waals surface area (Å²) in [4.78, 5) is 0. The maximum atomic E-state index is 5.34. The molecule has 0 N–H and O–H groups in total. The molecule has 0 aliphatic carbocycles. The number of methoxy groups -OCH3 is 1. The predicted molar refractivity (Wildman–Crippen MR) is 35.1 cm³/mol. The van der Waals surface area contributed by atoms with Crippen molar-refractivity contribution < 1.29 is 9.47 Å². The molecule has 2 nitrogen and oxygen atoms in total. The first kappa shape index (κ1) is 6.62. The van der Waals surface area contributed by atoms with Crippen molar-refractivity contribution in [1.29, 1.82) is 0 Å². The molecule has 2 heteroatoms. The van der Waals surface area contributed by atoms with Crippen molar-refractivity contribution in [2.45, 2.75) is 19.4 Å². The van der Waals surface area contributed by atoms with E-state index in [1.165, 1.54) is 0 Å². The fourth-order valence-corrected chi connectivity index (χ4v) is 0.944. The van der Waals surface area contributed by atoms with Crippen LogP contribution in [0.2, 0.25) is 0 Å². The summed E-state index contributed by atoms with van der Waals surface area (Å²) in [6, 6.07) is 0. The van der Waals surface area contributed by atoms with Gasteiger partial charge >= 0.3 is 0 Å². The van der Waals surface area contributed by atoms with Gasteiger partial charge in [0.25, 0.3) is 0 Å². The van der Waals surface area contributed by atoms with E-state index in [0.29, 0.717) is 6.61 Å². The number of allylic oxidation sites excluding steroid dienone is 1. The maximum absolute atomic E-state index is 5.34. The van der Waals surface area contributed by atoms with Crippen molar-refractivity contribution in [2.75, 3.05) is 13.7 Å². The quantitative estimate of drug-likeness (QED) is 0.558. The Balaban J connectivity index is 2.21. The molecule has 0 saturated carbocycles. The van der Waals surface area contributed by atoms with E-state index < -0.39 is 0 Å². The summed E-state index contributed by atoms with van der Waals surface area (Å²) in [5.41, 5.74) is 0. The highest BCUT2D eigenvalue weighted by atomic mass is 16.5. The molecule has 0 aromatic rings. The van der Waals surface area contributed by atoms with Crippen molar-refractivity contribution in [2.24, 2.45) is 0 Å². The van der Waals surface area contributed by atoms with Gasteiger partial charge in [-0.05, 0) is 13.0 Å². The van der Waals surface area contributed by atoms with E-state index >= 15 is 0 Å². The van der Waals surface area contributed by atoms with Gasteiger partial charge in [-0.25, -0.2) is 0 Å². The Morgan fingerprint density at radius 2 is 2.67 bits per heavy atom. The number of ether oxygens (including phenoxy) is 2. The minimum absolute atomic E-state index is 0.273. The summed E-state index contributed by atoms with van der Waals surface area (Å²) in [6.07, 6.45) is 3.36. The van der Waals surface area contributed by atoms with E-state index in [4.69, 9.17) is 9.47 Å². The minimum Gasteiger partial charge on any atom is -0.493 e. The molecule has 1 atom stereocenters. The monoisotopic (exact) mass is 128 g/mol. The van der Waals surface area contributed by atoms with Crippen LogP contribution in [0.1, 0.15) is 13.3 Å². The Labute approximate surface area is 55.5 Å². The van der Waals surface area contributed by atoms with Crippen molar-refractivity contribution in [3.63, 3.8) is 0 Å². The summed E-state index contributed by atoms with van der Waals surface area (Å²) in [5, 5.41) is 0. The molecule has 1 aliphatic heterocycles. The third-order valence-corrected chi connectivity index (χ3v) is 1.37. The molecule has 0 aromatic carbocycles. The number of rotatable bonds is 2. The van der Waals surface area contributed by atoms with Crippen LogP contribution in [0.3, 0.4) is 0 Å². The molecule has 0 amide bonds. The van der Waals surface area contributed by atoms with Gasteiger partial charge in [0.05, 0.1) is 12.4 Å². The van der Waals surface area contributed by atoms with Gasteiger partial charge in [-0.2, -0.15) is 0 Å². The molecule has 9 heavy (non-hydrogen) atoms. The SMILES string of the molecule is COCC1CC=C(C)O1. The molecule has 0 spiro atoms. The van der Waals surface area contributed by atoms with Crippen LogP contribution in [0.25, 0.3) is 0 Å². The van der Waals surface area contributed by atoms with Crippen molar-refractivity contribution in [3.8, 4) is 0 Å². The third-order valence-electron chi connectivity index (χ3n) is 1.37. The van der Waals surface area contributed by atoms with Gasteiger partial charge in [0.1, 0.15) is 6.10 Å². The van der Waals surface area contributed by atoms with Gasteiger partial charge in [0.2, 0.25) is 0 Å². The van der Waals surface area contributed by atoms with E-state index in [1.807, 2.05) is 6.92 Å². The fraction of sp³-hybridized carbons (Fsp3) is 0.714. The lowest BCUT2D eigenvalue weighted by molar-refractivity contribution is 0.0548. The van der Waals surface area contributed by atoms with Gasteiger partial charge in [0, 0.05) is 13.5 Å². The second-order valence-electron chi connectivity index (χ2n) is 2.25. The molecule has 0 fully saturated rings. The van der Waals surface area contributed by atoms with Gasteiger partial charge < -0.3 is 9.47 Å². The van der Waals surface area contributed by atoms with Crippen LogP contribution in [0.4, 0.5) is 0 Å². The smallest absolute Gasteiger partial charge is 0.125 e. The normalized spacial score (nSPS) is 25.6. The second-order valence-corrected chi connectivity index (χ2v) is 2.25. The van der Waals surface area contributed by atoms with Crippen LogP contribution in [0.15, 0.2) is 11.8 Å². The van der Waals surface area contributed by atoms with Gasteiger partial charge in [-0.3, -0.25) is 0 Å². The second kappa shape index (κ2) is 2.87. The first-order valence-electron chi connectivity index (χ1n) is 3.15. The van der Waals surface area contributed by atoms with Crippen LogP contribution < -0.4 is 0 Å². The number of hydrogen-bond donors (Lipinski definition) is 0. The summed E-state index contributed by atoms with van der Waals surface area (Å²) >= 11 is 0. The zero-order chi connectivity index (χ0) is 6.69. The Morgan fingerprint density at radius 3 is 3.11 bits per heavy atom. The van der Waals surface area contributed by atoms with Crippen molar-refractivity contribution in [3.05, 3.63) is 11.8 Å². The lowest BCUT2D eigenvalue weighted by Gasteiger charge is -2.09. The van der Waals surface area contributed by atoms with Crippen LogP contribution >= 0.6 is 0 Å². The topological polar surface area (TPSA) is 18.5 Å². The molecule has 0 bridgehead atoms. The molecular formula is C7H12O2. The standard InChI is InChI=1S/C7H12O2/c1-6-3-4-7(9-6)5-8-2/h3,7H,4-5H2,1-2H3. The largest absolute Gasteiger partial charge is 0.493 e. The average Bonchev–Trinajstić information content (AvgIpc) is 2.17. The molecule has 1 aliphatic rings.